The molecule has 23 heavy (non-hydrogen) atoms. The zero-order valence-electron chi connectivity index (χ0n) is 12.6. The number of thiophene rings is 1. The van der Waals surface area contributed by atoms with Crippen LogP contribution >= 0.6 is 22.7 Å². The molecule has 2 aromatic heterocycles. The van der Waals surface area contributed by atoms with Gasteiger partial charge in [-0.1, -0.05) is 35.1 Å². The summed E-state index contributed by atoms with van der Waals surface area (Å²) in [6, 6.07) is 12.3. The van der Waals surface area contributed by atoms with Crippen LogP contribution in [0.2, 0.25) is 0 Å². The summed E-state index contributed by atoms with van der Waals surface area (Å²) in [4.78, 5) is 21.2. The summed E-state index contributed by atoms with van der Waals surface area (Å²) in [5.41, 5.74) is 2.36. The topological polar surface area (TPSA) is 37.6 Å². The second-order valence-electron chi connectivity index (χ2n) is 5.46. The van der Waals surface area contributed by atoms with Gasteiger partial charge in [0.25, 0.3) is 5.56 Å². The van der Waals surface area contributed by atoms with E-state index in [0.717, 1.165) is 19.9 Å². The number of aromatic nitrogens is 1. The van der Waals surface area contributed by atoms with E-state index in [1.807, 2.05) is 23.6 Å². The molecule has 1 aliphatic heterocycles. The van der Waals surface area contributed by atoms with Crippen molar-refractivity contribution in [2.24, 2.45) is 4.99 Å². The Bertz CT molecular complexity index is 998. The zero-order valence-corrected chi connectivity index (χ0v) is 14.2. The van der Waals surface area contributed by atoms with E-state index in [-0.39, 0.29) is 5.56 Å². The van der Waals surface area contributed by atoms with Crippen molar-refractivity contribution in [1.29, 1.82) is 0 Å². The molecule has 0 amide bonds. The lowest BCUT2D eigenvalue weighted by atomic mass is 10.2. The monoisotopic (exact) mass is 341 g/mol. The summed E-state index contributed by atoms with van der Waals surface area (Å²) in [7, 11) is 0. The molecule has 0 unspecified atom stereocenters. The van der Waals surface area contributed by atoms with Crippen LogP contribution in [0.3, 0.4) is 0 Å². The van der Waals surface area contributed by atoms with Crippen molar-refractivity contribution in [3.05, 3.63) is 71.9 Å². The summed E-state index contributed by atoms with van der Waals surface area (Å²) in [6.45, 7) is 3.20. The minimum absolute atomic E-state index is 0.0407. The number of nitrogens with zero attached hydrogens (tertiary/aromatic N) is 3. The molecule has 0 radical (unpaired) electrons. The Balaban J connectivity index is 1.72. The van der Waals surface area contributed by atoms with Gasteiger partial charge in [0.1, 0.15) is 13.3 Å². The summed E-state index contributed by atoms with van der Waals surface area (Å²) in [6.07, 6.45) is 1.95. The Morgan fingerprint density at radius 1 is 1.22 bits per heavy atom. The standard InChI is InChI=1S/C17H15N3OS2/c1-12-4-6-13(7-5-12)19-10-18-17-20(11-19)16(21)15(23-17)9-14-3-2-8-22-14/h2-9H,10-11H2,1H3. The fourth-order valence-electron chi connectivity index (χ4n) is 2.53. The van der Waals surface area contributed by atoms with E-state index < -0.39 is 0 Å². The van der Waals surface area contributed by atoms with Gasteiger partial charge in [-0.15, -0.1) is 11.3 Å². The van der Waals surface area contributed by atoms with Gasteiger partial charge in [-0.25, -0.2) is 4.99 Å². The van der Waals surface area contributed by atoms with E-state index in [0.29, 0.717) is 13.3 Å². The summed E-state index contributed by atoms with van der Waals surface area (Å²) >= 11 is 3.10. The molecule has 6 heteroatoms. The molecule has 0 N–H and O–H groups in total. The maximum absolute atomic E-state index is 12.6. The lowest BCUT2D eigenvalue weighted by molar-refractivity contribution is 0.569. The van der Waals surface area contributed by atoms with E-state index in [2.05, 4.69) is 41.1 Å². The number of thiazole rings is 1. The van der Waals surface area contributed by atoms with Crippen molar-refractivity contribution < 1.29 is 0 Å². The molecule has 0 atom stereocenters. The quantitative estimate of drug-likeness (QED) is 0.716. The van der Waals surface area contributed by atoms with Gasteiger partial charge in [0.15, 0.2) is 4.80 Å². The van der Waals surface area contributed by atoms with Crippen LogP contribution in [0.4, 0.5) is 5.69 Å². The lowest BCUT2D eigenvalue weighted by Gasteiger charge is -2.25. The normalized spacial score (nSPS) is 14.7. The average Bonchev–Trinajstić information content (AvgIpc) is 3.17. The van der Waals surface area contributed by atoms with E-state index in [1.54, 1.807) is 15.9 Å². The Hall–Kier alpha value is -2.18. The Kier molecular flexibility index (Phi) is 3.63. The molecule has 1 aliphatic rings. The van der Waals surface area contributed by atoms with Crippen LogP contribution in [0.25, 0.3) is 6.08 Å². The number of anilines is 1. The highest BCUT2D eigenvalue weighted by atomic mass is 32.1. The first kappa shape index (κ1) is 14.4. The third-order valence-corrected chi connectivity index (χ3v) is 5.66. The number of fused-ring (bicyclic) bond motifs is 1. The van der Waals surface area contributed by atoms with Crippen molar-refractivity contribution in [1.82, 2.24) is 4.57 Å². The zero-order chi connectivity index (χ0) is 15.8. The molecule has 116 valence electrons. The highest BCUT2D eigenvalue weighted by Crippen LogP contribution is 2.16. The number of rotatable bonds is 2. The third-order valence-electron chi connectivity index (χ3n) is 3.79. The van der Waals surface area contributed by atoms with Crippen molar-refractivity contribution in [2.75, 3.05) is 11.6 Å². The van der Waals surface area contributed by atoms with Gasteiger partial charge in [0.2, 0.25) is 0 Å². The first-order valence-electron chi connectivity index (χ1n) is 7.32. The van der Waals surface area contributed by atoms with Gasteiger partial charge in [-0.05, 0) is 36.6 Å². The van der Waals surface area contributed by atoms with E-state index >= 15 is 0 Å². The smallest absolute Gasteiger partial charge is 0.271 e. The molecular formula is C17H15N3OS2. The van der Waals surface area contributed by atoms with Crippen LogP contribution < -0.4 is 19.8 Å². The lowest BCUT2D eigenvalue weighted by Crippen LogP contribution is -2.42. The predicted molar refractivity (Wildman–Crippen MR) is 95.8 cm³/mol. The van der Waals surface area contributed by atoms with Crippen molar-refractivity contribution >= 4 is 34.4 Å². The van der Waals surface area contributed by atoms with Gasteiger partial charge in [-0.2, -0.15) is 0 Å². The highest BCUT2D eigenvalue weighted by molar-refractivity contribution is 7.11. The first-order valence-corrected chi connectivity index (χ1v) is 9.01. The number of hydrogen-bond donors (Lipinski definition) is 0. The summed E-state index contributed by atoms with van der Waals surface area (Å²) in [5.74, 6) is 0. The van der Waals surface area contributed by atoms with E-state index in [1.165, 1.54) is 16.9 Å². The molecule has 4 nitrogen and oxygen atoms in total. The fraction of sp³-hybridized carbons (Fsp3) is 0.176. The van der Waals surface area contributed by atoms with Crippen LogP contribution in [0.1, 0.15) is 10.4 Å². The largest absolute Gasteiger partial charge is 0.334 e. The minimum Gasteiger partial charge on any atom is -0.334 e. The second-order valence-corrected chi connectivity index (χ2v) is 7.45. The Labute approximate surface area is 141 Å². The Morgan fingerprint density at radius 3 is 2.78 bits per heavy atom. The van der Waals surface area contributed by atoms with Crippen molar-refractivity contribution in [2.45, 2.75) is 13.6 Å². The molecule has 0 fully saturated rings. The molecule has 4 rings (SSSR count). The van der Waals surface area contributed by atoms with Gasteiger partial charge in [0, 0.05) is 10.6 Å². The maximum Gasteiger partial charge on any atom is 0.271 e. The number of hydrogen-bond acceptors (Lipinski definition) is 5. The molecular weight excluding hydrogens is 326 g/mol. The minimum atomic E-state index is 0.0407. The van der Waals surface area contributed by atoms with Gasteiger partial charge in [-0.3, -0.25) is 9.36 Å². The van der Waals surface area contributed by atoms with E-state index in [4.69, 9.17) is 0 Å². The van der Waals surface area contributed by atoms with Crippen LogP contribution in [-0.2, 0) is 6.67 Å². The highest BCUT2D eigenvalue weighted by Gasteiger charge is 2.15. The third kappa shape index (κ3) is 2.75. The fourth-order valence-corrected chi connectivity index (χ4v) is 4.22. The van der Waals surface area contributed by atoms with Crippen molar-refractivity contribution in [3.63, 3.8) is 0 Å². The van der Waals surface area contributed by atoms with E-state index in [9.17, 15) is 4.79 Å². The summed E-state index contributed by atoms with van der Waals surface area (Å²) < 4.78 is 2.50. The maximum atomic E-state index is 12.6. The molecule has 0 saturated heterocycles. The van der Waals surface area contributed by atoms with Crippen LogP contribution in [0.15, 0.2) is 51.6 Å². The molecule has 0 spiro atoms. The SMILES string of the molecule is Cc1ccc(N2CN=c3sc(=Cc4cccs4)c(=O)n3C2)cc1. The van der Waals surface area contributed by atoms with Gasteiger partial charge >= 0.3 is 0 Å². The van der Waals surface area contributed by atoms with Crippen LogP contribution in [0.5, 0.6) is 0 Å². The molecule has 1 aromatic carbocycles. The molecule has 0 bridgehead atoms. The number of aryl methyl sites for hydroxylation is 1. The predicted octanol–water partition coefficient (Wildman–Crippen LogP) is 2.16. The van der Waals surface area contributed by atoms with Gasteiger partial charge in [0.05, 0.1) is 4.53 Å². The first-order chi connectivity index (χ1) is 11.2. The Morgan fingerprint density at radius 2 is 2.04 bits per heavy atom. The van der Waals surface area contributed by atoms with Crippen LogP contribution in [-0.4, -0.2) is 11.2 Å². The van der Waals surface area contributed by atoms with Crippen molar-refractivity contribution in [3.8, 4) is 0 Å². The molecule has 0 saturated carbocycles. The second kappa shape index (κ2) is 5.79. The van der Waals surface area contributed by atoms with Crippen LogP contribution in [0, 0.1) is 6.92 Å². The average molecular weight is 341 g/mol. The molecule has 3 aromatic rings. The molecule has 3 heterocycles. The van der Waals surface area contributed by atoms with Gasteiger partial charge < -0.3 is 4.90 Å². The summed E-state index contributed by atoms with van der Waals surface area (Å²) in [5, 5.41) is 2.01. The number of benzene rings is 1. The molecule has 0 aliphatic carbocycles.